The second-order valence-electron chi connectivity index (χ2n) is 12.1. The summed E-state index contributed by atoms with van der Waals surface area (Å²) in [5.41, 5.74) is 4.38. The van der Waals surface area contributed by atoms with E-state index in [2.05, 4.69) is 52.2 Å². The molecule has 20 heteroatoms. The van der Waals surface area contributed by atoms with Crippen molar-refractivity contribution in [3.8, 4) is 0 Å². The first-order valence-electron chi connectivity index (χ1n) is 15.3. The maximum absolute atomic E-state index is 13.3. The molecule has 0 aromatic carbocycles. The van der Waals surface area contributed by atoms with Gasteiger partial charge in [-0.2, -0.15) is 9.36 Å². The van der Waals surface area contributed by atoms with Crippen molar-refractivity contribution < 1.29 is 24.3 Å². The zero-order chi connectivity index (χ0) is 32.3. The Balaban J connectivity index is 1.04. The Morgan fingerprint density at radius 3 is 2.72 bits per heavy atom. The number of aryl methyl sites for hydroxylation is 1. The van der Waals surface area contributed by atoms with Gasteiger partial charge in [-0.05, 0) is 49.6 Å². The first kappa shape index (κ1) is 32.9. The molecule has 0 spiro atoms. The molecule has 2 aromatic rings. The number of β-lactam (4-membered cyclic amide) rings is 1. The number of amides is 2. The van der Waals surface area contributed by atoms with Crippen molar-refractivity contribution in [3.05, 3.63) is 5.82 Å². The van der Waals surface area contributed by atoms with Crippen LogP contribution in [0.4, 0.5) is 5.13 Å². The van der Waals surface area contributed by atoms with Gasteiger partial charge in [0.2, 0.25) is 22.6 Å². The normalized spacial score (nSPS) is 26.2. The van der Waals surface area contributed by atoms with Crippen LogP contribution in [0.25, 0.3) is 0 Å². The van der Waals surface area contributed by atoms with Gasteiger partial charge in [-0.25, -0.2) is 4.68 Å². The second kappa shape index (κ2) is 14.4. The number of carboxylic acid groups (broad SMARTS) is 1. The van der Waals surface area contributed by atoms with Crippen LogP contribution in [-0.4, -0.2) is 148 Å². The number of carboxylic acids is 1. The van der Waals surface area contributed by atoms with Crippen molar-refractivity contribution in [1.82, 2.24) is 49.6 Å². The van der Waals surface area contributed by atoms with Crippen molar-refractivity contribution in [1.29, 1.82) is 0 Å². The molecule has 2 aromatic heterocycles. The van der Waals surface area contributed by atoms with E-state index in [0.29, 0.717) is 11.7 Å². The molecule has 1 saturated carbocycles. The maximum Gasteiger partial charge on any atom is 0.313 e. The Morgan fingerprint density at radius 1 is 1.22 bits per heavy atom. The number of carbonyl (C=O) groups excluding carboxylic acids is 2. The van der Waals surface area contributed by atoms with Crippen LogP contribution in [0.3, 0.4) is 0 Å². The van der Waals surface area contributed by atoms with Gasteiger partial charge in [0.15, 0.2) is 5.13 Å². The number of nitrogens with one attached hydrogen (secondary N) is 1. The molecule has 6 rings (SSSR count). The molecular weight excluding hydrogens is 657 g/mol. The average molecular weight is 695 g/mol. The minimum atomic E-state index is -1.21. The monoisotopic (exact) mass is 694 g/mol. The number of nitrogen functional groups attached to an aromatic ring is 1. The highest BCUT2D eigenvalue weighted by molar-refractivity contribution is 8.00. The molecule has 250 valence electrons. The molecule has 3 aliphatic heterocycles. The minimum absolute atomic E-state index is 0.0130. The highest BCUT2D eigenvalue weighted by Crippen LogP contribution is 2.44. The SMILES string of the molecule is CN1CCN(CCCn2nnnc2SCC2(C(=O)O)CS[C@@H]3C(NC(=O)C(=NOC4CCCC4)c4nsc(N)n4)C(=O)N3C2)CC1. The van der Waals surface area contributed by atoms with E-state index in [9.17, 15) is 19.5 Å². The minimum Gasteiger partial charge on any atom is -0.481 e. The van der Waals surface area contributed by atoms with Crippen LogP contribution in [0.1, 0.15) is 37.9 Å². The van der Waals surface area contributed by atoms with Gasteiger partial charge in [0.05, 0.1) is 0 Å². The Bertz CT molecular complexity index is 1440. The largest absolute Gasteiger partial charge is 0.481 e. The fraction of sp³-hybridized carbons (Fsp3) is 0.731. The molecule has 46 heavy (non-hydrogen) atoms. The molecule has 4 fully saturated rings. The number of anilines is 1. The number of carbonyl (C=O) groups is 3. The summed E-state index contributed by atoms with van der Waals surface area (Å²) in [6, 6.07) is -0.850. The number of likely N-dealkylation sites (N-methyl/N-ethyl adjacent to an activating group) is 1. The number of nitrogens with zero attached hydrogens (tertiary/aromatic N) is 10. The lowest BCUT2D eigenvalue weighted by molar-refractivity contribution is -0.157. The molecule has 2 unspecified atom stereocenters. The molecule has 2 amide bonds. The number of tetrazole rings is 1. The lowest BCUT2D eigenvalue weighted by Crippen LogP contribution is -2.74. The van der Waals surface area contributed by atoms with Crippen molar-refractivity contribution in [2.45, 2.75) is 61.3 Å². The standard InChI is InChI=1S/C26H38N12O5S3/c1-35-9-11-36(12-10-35)7-4-8-38-25(30-33-34-38)45-15-26(23(41)42)13-37-21(40)18(22(37)44-14-26)28-20(39)17(19-29-24(27)46-32-19)31-43-16-5-2-3-6-16/h16,18,22H,2-15H2,1H3,(H,28,39)(H,41,42)(H2,27,29,32)/t18?,22-,26?/m1/s1. The number of thioether (sulfide) groups is 2. The Morgan fingerprint density at radius 2 is 2.00 bits per heavy atom. The Hall–Kier alpha value is -3.07. The topological polar surface area (TPSA) is 210 Å². The summed E-state index contributed by atoms with van der Waals surface area (Å²) >= 11 is 3.54. The molecule has 0 radical (unpaired) electrons. The average Bonchev–Trinajstić information content (AvgIpc) is 3.83. The van der Waals surface area contributed by atoms with E-state index < -0.39 is 28.7 Å². The highest BCUT2D eigenvalue weighted by Gasteiger charge is 2.57. The van der Waals surface area contributed by atoms with Gasteiger partial charge >= 0.3 is 5.97 Å². The number of nitrogens with two attached hydrogens (primary N) is 1. The summed E-state index contributed by atoms with van der Waals surface area (Å²) in [5.74, 6) is -1.55. The molecule has 0 bridgehead atoms. The summed E-state index contributed by atoms with van der Waals surface area (Å²) in [6.45, 7) is 5.77. The van der Waals surface area contributed by atoms with Gasteiger partial charge in [0.1, 0.15) is 22.9 Å². The summed E-state index contributed by atoms with van der Waals surface area (Å²) in [7, 11) is 2.13. The Kier molecular flexibility index (Phi) is 10.3. The molecule has 1 aliphatic carbocycles. The summed E-state index contributed by atoms with van der Waals surface area (Å²) in [5, 5.41) is 29.5. The predicted octanol–water partition coefficient (Wildman–Crippen LogP) is -0.329. The number of piperazine rings is 1. The first-order valence-corrected chi connectivity index (χ1v) is 18.1. The number of oxime groups is 1. The summed E-state index contributed by atoms with van der Waals surface area (Å²) < 4.78 is 5.82. The van der Waals surface area contributed by atoms with Crippen molar-refractivity contribution in [2.24, 2.45) is 10.6 Å². The first-order chi connectivity index (χ1) is 22.2. The van der Waals surface area contributed by atoms with Crippen LogP contribution in [0, 0.1) is 5.41 Å². The van der Waals surface area contributed by atoms with Crippen molar-refractivity contribution in [3.63, 3.8) is 0 Å². The molecule has 5 heterocycles. The fourth-order valence-electron chi connectivity index (χ4n) is 5.91. The highest BCUT2D eigenvalue weighted by atomic mass is 32.2. The quantitative estimate of drug-likeness (QED) is 0.106. The van der Waals surface area contributed by atoms with E-state index in [1.807, 2.05) is 0 Å². The van der Waals surface area contributed by atoms with E-state index in [-0.39, 0.29) is 46.7 Å². The number of hydrogen-bond acceptors (Lipinski definition) is 16. The van der Waals surface area contributed by atoms with E-state index in [0.717, 1.165) is 76.4 Å². The van der Waals surface area contributed by atoms with Gasteiger partial charge < -0.3 is 35.7 Å². The zero-order valence-electron chi connectivity index (χ0n) is 25.5. The van der Waals surface area contributed by atoms with Crippen LogP contribution in [0.2, 0.25) is 0 Å². The number of aliphatic carboxylic acids is 1. The van der Waals surface area contributed by atoms with Gasteiger partial charge in [-0.3, -0.25) is 14.4 Å². The lowest BCUT2D eigenvalue weighted by Gasteiger charge is -2.53. The van der Waals surface area contributed by atoms with E-state index in [1.165, 1.54) is 28.4 Å². The van der Waals surface area contributed by atoms with Gasteiger partial charge in [0.25, 0.3) is 5.91 Å². The number of rotatable bonds is 13. The van der Waals surface area contributed by atoms with Gasteiger partial charge in [0, 0.05) is 68.9 Å². The molecule has 4 N–H and O–H groups in total. The third-order valence-electron chi connectivity index (χ3n) is 8.77. The van der Waals surface area contributed by atoms with Gasteiger partial charge in [-0.15, -0.1) is 16.9 Å². The number of fused-ring (bicyclic) bond motifs is 1. The summed E-state index contributed by atoms with van der Waals surface area (Å²) in [6.07, 6.45) is 4.52. The fourth-order valence-corrected chi connectivity index (χ4v) is 9.11. The van der Waals surface area contributed by atoms with Crippen molar-refractivity contribution >= 4 is 63.7 Å². The van der Waals surface area contributed by atoms with Crippen molar-refractivity contribution in [2.75, 3.05) is 63.6 Å². The zero-order valence-corrected chi connectivity index (χ0v) is 27.9. The molecule has 17 nitrogen and oxygen atoms in total. The maximum atomic E-state index is 13.3. The molecule has 4 aliphatic rings. The Labute approximate surface area is 278 Å². The third-order valence-corrected chi connectivity index (χ3v) is 12.1. The third kappa shape index (κ3) is 7.24. The number of hydrogen-bond donors (Lipinski definition) is 3. The molecule has 3 atom stereocenters. The smallest absolute Gasteiger partial charge is 0.313 e. The molecular formula is C26H38N12O5S3. The van der Waals surface area contributed by atoms with E-state index in [1.54, 1.807) is 4.68 Å². The second-order valence-corrected chi connectivity index (χ2v) is 14.9. The van der Waals surface area contributed by atoms with E-state index in [4.69, 9.17) is 10.6 Å². The number of aromatic nitrogens is 6. The summed E-state index contributed by atoms with van der Waals surface area (Å²) in [4.78, 5) is 55.1. The molecule has 3 saturated heterocycles. The van der Waals surface area contributed by atoms with Gasteiger partial charge in [-0.1, -0.05) is 16.9 Å². The van der Waals surface area contributed by atoms with Crippen LogP contribution < -0.4 is 11.1 Å². The van der Waals surface area contributed by atoms with Crippen LogP contribution in [0.5, 0.6) is 0 Å². The predicted molar refractivity (Wildman–Crippen MR) is 171 cm³/mol. The van der Waals surface area contributed by atoms with Crippen LogP contribution in [-0.2, 0) is 25.8 Å². The van der Waals surface area contributed by atoms with Crippen LogP contribution in [0.15, 0.2) is 10.3 Å². The van der Waals surface area contributed by atoms with Crippen LogP contribution >= 0.6 is 35.1 Å². The van der Waals surface area contributed by atoms with E-state index >= 15 is 0 Å². The lowest BCUT2D eigenvalue weighted by atomic mass is 9.89.